The summed E-state index contributed by atoms with van der Waals surface area (Å²) < 4.78 is 13.7. The molecule has 1 fully saturated rings. The van der Waals surface area contributed by atoms with E-state index in [9.17, 15) is 14.0 Å². The average molecular weight is 251 g/mol. The Morgan fingerprint density at radius 2 is 2.11 bits per heavy atom. The third kappa shape index (κ3) is 2.34. The van der Waals surface area contributed by atoms with Crippen LogP contribution in [0, 0.1) is 18.7 Å². The predicted molar refractivity (Wildman–Crippen MR) is 62.8 cm³/mol. The van der Waals surface area contributed by atoms with Gasteiger partial charge in [0.15, 0.2) is 0 Å². The molecular weight excluding hydrogens is 237 g/mol. The van der Waals surface area contributed by atoms with E-state index in [1.165, 1.54) is 11.0 Å². The van der Waals surface area contributed by atoms with Gasteiger partial charge < -0.3 is 10.0 Å². The van der Waals surface area contributed by atoms with Gasteiger partial charge in [0, 0.05) is 19.0 Å². The number of aryl methyl sites for hydroxylation is 1. The molecule has 1 aromatic carbocycles. The predicted octanol–water partition coefficient (Wildman–Crippen LogP) is 1.68. The minimum absolute atomic E-state index is 0.0145. The Morgan fingerprint density at radius 3 is 2.72 bits per heavy atom. The van der Waals surface area contributed by atoms with Gasteiger partial charge in [0.05, 0.1) is 12.0 Å². The lowest BCUT2D eigenvalue weighted by Gasteiger charge is -2.38. The Labute approximate surface area is 104 Å². The van der Waals surface area contributed by atoms with Crippen LogP contribution in [0.3, 0.4) is 0 Å². The first kappa shape index (κ1) is 12.5. The molecule has 0 aliphatic carbocycles. The van der Waals surface area contributed by atoms with Crippen molar-refractivity contribution in [3.05, 3.63) is 35.1 Å². The summed E-state index contributed by atoms with van der Waals surface area (Å²) in [5, 5.41) is 8.61. The first-order valence-electron chi connectivity index (χ1n) is 5.75. The molecule has 0 radical (unpaired) electrons. The van der Waals surface area contributed by atoms with E-state index in [4.69, 9.17) is 5.11 Å². The molecule has 0 saturated carbocycles. The number of hydrogen-bond donors (Lipinski definition) is 1. The first-order chi connectivity index (χ1) is 8.49. The molecule has 1 saturated heterocycles. The fraction of sp³-hybridized carbons (Fsp3) is 0.385. The number of carbonyl (C=O) groups excluding carboxylic acids is 1. The highest BCUT2D eigenvalue weighted by Gasteiger charge is 2.33. The number of carboxylic acids is 1. The van der Waals surface area contributed by atoms with Crippen molar-refractivity contribution in [1.82, 2.24) is 4.90 Å². The van der Waals surface area contributed by atoms with E-state index < -0.39 is 11.8 Å². The number of halogens is 1. The lowest BCUT2D eigenvalue weighted by Crippen LogP contribution is -2.50. The largest absolute Gasteiger partial charge is 0.481 e. The second-order valence-corrected chi connectivity index (χ2v) is 4.61. The van der Waals surface area contributed by atoms with Crippen molar-refractivity contribution in [2.45, 2.75) is 13.3 Å². The number of carboxylic acid groups (broad SMARTS) is 1. The monoisotopic (exact) mass is 251 g/mol. The van der Waals surface area contributed by atoms with Crippen LogP contribution in [0.4, 0.5) is 4.39 Å². The van der Waals surface area contributed by atoms with E-state index >= 15 is 0 Å². The number of benzene rings is 1. The molecule has 1 N–H and O–H groups in total. The molecule has 0 aromatic heterocycles. The van der Waals surface area contributed by atoms with E-state index in [0.29, 0.717) is 18.7 Å². The third-order valence-electron chi connectivity index (χ3n) is 3.13. The summed E-state index contributed by atoms with van der Waals surface area (Å²) in [7, 11) is 0. The normalized spacial score (nSPS) is 15.3. The third-order valence-corrected chi connectivity index (χ3v) is 3.13. The lowest BCUT2D eigenvalue weighted by molar-refractivity contribution is -0.139. The number of rotatable bonds is 3. The van der Waals surface area contributed by atoms with E-state index in [-0.39, 0.29) is 23.8 Å². The molecule has 1 aliphatic rings. The van der Waals surface area contributed by atoms with Crippen molar-refractivity contribution >= 4 is 11.9 Å². The Morgan fingerprint density at radius 1 is 1.44 bits per heavy atom. The van der Waals surface area contributed by atoms with E-state index in [1.54, 1.807) is 19.1 Å². The number of nitrogens with zero attached hydrogens (tertiary/aromatic N) is 1. The maximum absolute atomic E-state index is 13.7. The van der Waals surface area contributed by atoms with Crippen LogP contribution in [0.2, 0.25) is 0 Å². The van der Waals surface area contributed by atoms with Gasteiger partial charge in [-0.2, -0.15) is 0 Å². The van der Waals surface area contributed by atoms with Gasteiger partial charge in [0.25, 0.3) is 5.91 Å². The lowest BCUT2D eigenvalue weighted by atomic mass is 9.95. The van der Waals surface area contributed by atoms with Gasteiger partial charge in [0.1, 0.15) is 5.82 Å². The van der Waals surface area contributed by atoms with Crippen molar-refractivity contribution in [2.24, 2.45) is 5.92 Å². The molecule has 5 heteroatoms. The number of aliphatic carboxylic acids is 1. The van der Waals surface area contributed by atoms with Gasteiger partial charge in [-0.05, 0) is 18.6 Å². The fourth-order valence-electron chi connectivity index (χ4n) is 2.09. The number of amides is 1. The Hall–Kier alpha value is -1.91. The summed E-state index contributed by atoms with van der Waals surface area (Å²) in [5.41, 5.74) is 0.493. The molecule has 2 rings (SSSR count). The van der Waals surface area contributed by atoms with E-state index in [1.807, 2.05) is 0 Å². The van der Waals surface area contributed by atoms with Crippen molar-refractivity contribution in [2.75, 3.05) is 13.1 Å². The molecule has 1 aliphatic heterocycles. The molecule has 18 heavy (non-hydrogen) atoms. The Balaban J connectivity index is 2.02. The van der Waals surface area contributed by atoms with E-state index in [0.717, 1.165) is 0 Å². The minimum atomic E-state index is -0.867. The standard InChI is InChI=1S/C13H14FNO3/c1-8-3-2-4-10(12(8)14)13(18)15-6-9(7-15)5-11(16)17/h2-4,9H,5-7H2,1H3,(H,16,17). The second-order valence-electron chi connectivity index (χ2n) is 4.61. The molecule has 0 spiro atoms. The molecule has 1 amide bonds. The van der Waals surface area contributed by atoms with Crippen molar-refractivity contribution in [3.63, 3.8) is 0 Å². The van der Waals surface area contributed by atoms with Crippen LogP contribution in [0.15, 0.2) is 18.2 Å². The quantitative estimate of drug-likeness (QED) is 0.889. The SMILES string of the molecule is Cc1cccc(C(=O)N2CC(CC(=O)O)C2)c1F. The fourth-order valence-corrected chi connectivity index (χ4v) is 2.09. The summed E-state index contributed by atoms with van der Waals surface area (Å²) in [6.07, 6.45) is 0.0556. The van der Waals surface area contributed by atoms with Gasteiger partial charge in [-0.3, -0.25) is 9.59 Å². The number of hydrogen-bond acceptors (Lipinski definition) is 2. The molecule has 96 valence electrons. The summed E-state index contributed by atoms with van der Waals surface area (Å²) in [6.45, 7) is 2.38. The van der Waals surface area contributed by atoms with Crippen LogP contribution in [0.25, 0.3) is 0 Å². The molecule has 1 heterocycles. The Kier molecular flexibility index (Phi) is 3.32. The van der Waals surface area contributed by atoms with E-state index in [2.05, 4.69) is 0 Å². The molecule has 1 aromatic rings. The average Bonchev–Trinajstić information content (AvgIpc) is 2.25. The summed E-state index contributed by atoms with van der Waals surface area (Å²) in [6, 6.07) is 4.70. The highest BCUT2D eigenvalue weighted by atomic mass is 19.1. The summed E-state index contributed by atoms with van der Waals surface area (Å²) in [4.78, 5) is 23.9. The number of carbonyl (C=O) groups is 2. The van der Waals surface area contributed by atoms with Crippen LogP contribution in [-0.4, -0.2) is 35.0 Å². The first-order valence-corrected chi connectivity index (χ1v) is 5.75. The van der Waals surface area contributed by atoms with Crippen LogP contribution >= 0.6 is 0 Å². The van der Waals surface area contributed by atoms with Crippen LogP contribution in [-0.2, 0) is 4.79 Å². The number of likely N-dealkylation sites (tertiary alicyclic amines) is 1. The second kappa shape index (κ2) is 4.76. The summed E-state index contributed by atoms with van der Waals surface area (Å²) in [5.74, 6) is -1.74. The van der Waals surface area contributed by atoms with Gasteiger partial charge in [-0.25, -0.2) is 4.39 Å². The smallest absolute Gasteiger partial charge is 0.303 e. The zero-order chi connectivity index (χ0) is 13.3. The van der Waals surface area contributed by atoms with Gasteiger partial charge >= 0.3 is 5.97 Å². The Bertz CT molecular complexity index is 495. The van der Waals surface area contributed by atoms with Crippen molar-refractivity contribution in [1.29, 1.82) is 0 Å². The van der Waals surface area contributed by atoms with Gasteiger partial charge in [-0.1, -0.05) is 12.1 Å². The molecular formula is C13H14FNO3. The molecule has 4 nitrogen and oxygen atoms in total. The topological polar surface area (TPSA) is 57.6 Å². The van der Waals surface area contributed by atoms with Gasteiger partial charge in [-0.15, -0.1) is 0 Å². The minimum Gasteiger partial charge on any atom is -0.481 e. The highest BCUT2D eigenvalue weighted by Crippen LogP contribution is 2.23. The van der Waals surface area contributed by atoms with Crippen LogP contribution in [0.5, 0.6) is 0 Å². The zero-order valence-corrected chi connectivity index (χ0v) is 10.0. The highest BCUT2D eigenvalue weighted by molar-refractivity contribution is 5.95. The van der Waals surface area contributed by atoms with Crippen LogP contribution < -0.4 is 0 Å². The van der Waals surface area contributed by atoms with Gasteiger partial charge in [0.2, 0.25) is 0 Å². The maximum atomic E-state index is 13.7. The van der Waals surface area contributed by atoms with Crippen LogP contribution in [0.1, 0.15) is 22.3 Å². The zero-order valence-electron chi connectivity index (χ0n) is 10.0. The maximum Gasteiger partial charge on any atom is 0.303 e. The molecule has 0 unspecified atom stereocenters. The van der Waals surface area contributed by atoms with Crippen molar-refractivity contribution in [3.8, 4) is 0 Å². The molecule has 0 atom stereocenters. The summed E-state index contributed by atoms with van der Waals surface area (Å²) >= 11 is 0. The van der Waals surface area contributed by atoms with Crippen molar-refractivity contribution < 1.29 is 19.1 Å². The molecule has 0 bridgehead atoms.